The van der Waals surface area contributed by atoms with Crippen molar-refractivity contribution in [3.05, 3.63) is 78.3 Å². The molecule has 0 aliphatic heterocycles. The number of aryl methyl sites for hydroxylation is 1. The number of methoxy groups -OCH3 is 2. The first-order chi connectivity index (χ1) is 18.3. The highest BCUT2D eigenvalue weighted by molar-refractivity contribution is 9.10. The van der Waals surface area contributed by atoms with Crippen molar-refractivity contribution in [2.24, 2.45) is 5.10 Å². The molecule has 0 unspecified atom stereocenters. The number of aromatic nitrogens is 1. The number of nitriles is 1. The Labute approximate surface area is 242 Å². The number of nitrogens with zero attached hydrogens (tertiary/aromatic N) is 3. The zero-order valence-electron chi connectivity index (χ0n) is 20.7. The van der Waals surface area contributed by atoms with Gasteiger partial charge in [-0.25, -0.2) is 10.4 Å². The number of hydrazone groups is 1. The van der Waals surface area contributed by atoms with Crippen molar-refractivity contribution in [3.8, 4) is 23.4 Å². The van der Waals surface area contributed by atoms with Gasteiger partial charge in [-0.05, 0) is 62.5 Å². The molecule has 38 heavy (non-hydrogen) atoms. The summed E-state index contributed by atoms with van der Waals surface area (Å²) in [7, 11) is 3.04. The predicted molar refractivity (Wildman–Crippen MR) is 150 cm³/mol. The lowest BCUT2D eigenvalue weighted by Gasteiger charge is -2.14. The van der Waals surface area contributed by atoms with Crippen LogP contribution in [0.4, 0.5) is 0 Å². The SMILES string of the molecule is COCc1c(Br)c(C)nc(OCC(=O)N/N=C\c2cc(Br)c(OCc3ccccc3Cl)c(OC)c2)c1C#N. The van der Waals surface area contributed by atoms with Crippen LogP contribution >= 0.6 is 43.5 Å². The number of pyridine rings is 1. The quantitative estimate of drug-likeness (QED) is 0.206. The standard InChI is InChI=1S/C26H23Br2ClN4O5/c1-15-24(28)19(13-35-2)18(10-30)26(32-15)38-14-23(34)33-31-11-16-8-20(27)25(22(9-16)36-3)37-12-17-6-4-5-7-21(17)29/h4-9,11H,12-14H2,1-3H3,(H,33,34)/b31-11-. The number of carbonyl (C=O) groups is 1. The summed E-state index contributed by atoms with van der Waals surface area (Å²) >= 11 is 13.1. The van der Waals surface area contributed by atoms with E-state index in [0.717, 1.165) is 5.56 Å². The van der Waals surface area contributed by atoms with E-state index in [-0.39, 0.29) is 24.7 Å². The topological polar surface area (TPSA) is 115 Å². The third-order valence-electron chi connectivity index (χ3n) is 5.09. The fourth-order valence-electron chi connectivity index (χ4n) is 3.28. The van der Waals surface area contributed by atoms with Crippen LogP contribution in [0.1, 0.15) is 27.9 Å². The Morgan fingerprint density at radius 2 is 1.97 bits per heavy atom. The number of benzene rings is 2. The number of amides is 1. The number of halogens is 3. The van der Waals surface area contributed by atoms with E-state index in [1.807, 2.05) is 18.2 Å². The Kier molecular flexibility index (Phi) is 10.9. The van der Waals surface area contributed by atoms with E-state index in [0.29, 0.717) is 42.3 Å². The van der Waals surface area contributed by atoms with Crippen LogP contribution in [0.5, 0.6) is 17.4 Å². The van der Waals surface area contributed by atoms with Crippen molar-refractivity contribution in [1.82, 2.24) is 10.4 Å². The van der Waals surface area contributed by atoms with E-state index in [2.05, 4.69) is 53.4 Å². The minimum atomic E-state index is -0.536. The van der Waals surface area contributed by atoms with Crippen molar-refractivity contribution in [1.29, 1.82) is 5.26 Å². The number of hydrogen-bond acceptors (Lipinski definition) is 8. The molecule has 198 valence electrons. The Morgan fingerprint density at radius 3 is 2.66 bits per heavy atom. The second-order valence-corrected chi connectivity index (χ2v) is 9.77. The first-order valence-corrected chi connectivity index (χ1v) is 13.0. The Morgan fingerprint density at radius 1 is 1.21 bits per heavy atom. The number of ether oxygens (including phenoxy) is 4. The highest BCUT2D eigenvalue weighted by Gasteiger charge is 2.18. The number of hydrogen-bond donors (Lipinski definition) is 1. The molecule has 0 fully saturated rings. The molecule has 0 spiro atoms. The van der Waals surface area contributed by atoms with Crippen LogP contribution in [-0.4, -0.2) is 37.9 Å². The Balaban J connectivity index is 1.64. The molecule has 9 nitrogen and oxygen atoms in total. The summed E-state index contributed by atoms with van der Waals surface area (Å²) in [6.45, 7) is 1.80. The molecule has 0 saturated carbocycles. The molecule has 2 aromatic carbocycles. The zero-order chi connectivity index (χ0) is 27.7. The molecular formula is C26H23Br2ClN4O5. The van der Waals surface area contributed by atoms with Crippen molar-refractivity contribution in [2.45, 2.75) is 20.1 Å². The maximum Gasteiger partial charge on any atom is 0.278 e. The molecule has 0 atom stereocenters. The minimum Gasteiger partial charge on any atom is -0.493 e. The summed E-state index contributed by atoms with van der Waals surface area (Å²) in [5.74, 6) is 0.475. The molecule has 0 radical (unpaired) electrons. The van der Waals surface area contributed by atoms with Crippen LogP contribution in [0.2, 0.25) is 5.02 Å². The lowest BCUT2D eigenvalue weighted by Crippen LogP contribution is -2.25. The summed E-state index contributed by atoms with van der Waals surface area (Å²) in [6, 6.07) is 12.9. The fraction of sp³-hybridized carbons (Fsp3) is 0.231. The Hall–Kier alpha value is -3.17. The molecule has 1 heterocycles. The van der Waals surface area contributed by atoms with Gasteiger partial charge in [0, 0.05) is 27.7 Å². The van der Waals surface area contributed by atoms with Crippen LogP contribution in [0.3, 0.4) is 0 Å². The van der Waals surface area contributed by atoms with Crippen molar-refractivity contribution in [2.75, 3.05) is 20.8 Å². The summed E-state index contributed by atoms with van der Waals surface area (Å²) in [6.07, 6.45) is 1.45. The maximum absolute atomic E-state index is 12.3. The number of carbonyl (C=O) groups excluding carboxylic acids is 1. The van der Waals surface area contributed by atoms with Gasteiger partial charge in [0.1, 0.15) is 18.2 Å². The monoisotopic (exact) mass is 664 g/mol. The third kappa shape index (κ3) is 7.45. The molecular weight excluding hydrogens is 644 g/mol. The molecule has 12 heteroatoms. The molecule has 1 aromatic heterocycles. The highest BCUT2D eigenvalue weighted by Crippen LogP contribution is 2.37. The first kappa shape index (κ1) is 29.4. The van der Waals surface area contributed by atoms with Gasteiger partial charge in [0.25, 0.3) is 5.91 Å². The molecule has 3 rings (SSSR count). The van der Waals surface area contributed by atoms with Crippen LogP contribution in [-0.2, 0) is 22.7 Å². The summed E-state index contributed by atoms with van der Waals surface area (Å²) in [5, 5.41) is 14.1. The summed E-state index contributed by atoms with van der Waals surface area (Å²) < 4.78 is 23.4. The van der Waals surface area contributed by atoms with Crippen LogP contribution < -0.4 is 19.6 Å². The fourth-order valence-corrected chi connectivity index (χ4v) is 4.44. The van der Waals surface area contributed by atoms with Gasteiger partial charge in [-0.2, -0.15) is 10.4 Å². The van der Waals surface area contributed by atoms with Gasteiger partial charge in [0.2, 0.25) is 5.88 Å². The van der Waals surface area contributed by atoms with E-state index in [4.69, 9.17) is 30.5 Å². The van der Waals surface area contributed by atoms with E-state index < -0.39 is 12.5 Å². The number of nitrogens with one attached hydrogen (secondary N) is 1. The van der Waals surface area contributed by atoms with E-state index in [1.54, 1.807) is 25.1 Å². The zero-order valence-corrected chi connectivity index (χ0v) is 24.6. The molecule has 1 N–H and O–H groups in total. The van der Waals surface area contributed by atoms with Crippen molar-refractivity contribution < 1.29 is 23.7 Å². The predicted octanol–water partition coefficient (Wildman–Crippen LogP) is 5.70. The van der Waals surface area contributed by atoms with Gasteiger partial charge in [-0.3, -0.25) is 4.79 Å². The van der Waals surface area contributed by atoms with Crippen LogP contribution in [0.25, 0.3) is 0 Å². The molecule has 1 amide bonds. The van der Waals surface area contributed by atoms with E-state index >= 15 is 0 Å². The highest BCUT2D eigenvalue weighted by atomic mass is 79.9. The lowest BCUT2D eigenvalue weighted by molar-refractivity contribution is -0.123. The van der Waals surface area contributed by atoms with Crippen LogP contribution in [0.15, 0.2) is 50.4 Å². The minimum absolute atomic E-state index is 0.0421. The largest absolute Gasteiger partial charge is 0.493 e. The molecule has 0 saturated heterocycles. The van der Waals surface area contributed by atoms with Gasteiger partial charge >= 0.3 is 0 Å². The molecule has 3 aromatic rings. The average Bonchev–Trinajstić information content (AvgIpc) is 2.90. The second-order valence-electron chi connectivity index (χ2n) is 7.71. The van der Waals surface area contributed by atoms with E-state index in [1.165, 1.54) is 20.4 Å². The number of rotatable bonds is 11. The molecule has 0 bridgehead atoms. The average molecular weight is 667 g/mol. The summed E-state index contributed by atoms with van der Waals surface area (Å²) in [4.78, 5) is 16.6. The summed E-state index contributed by atoms with van der Waals surface area (Å²) in [5.41, 5.74) is 5.25. The lowest BCUT2D eigenvalue weighted by atomic mass is 10.1. The Bertz CT molecular complexity index is 1400. The van der Waals surface area contributed by atoms with Gasteiger partial charge in [0.15, 0.2) is 18.1 Å². The maximum atomic E-state index is 12.3. The normalized spacial score (nSPS) is 10.8. The molecule has 0 aliphatic rings. The van der Waals surface area contributed by atoms with Gasteiger partial charge in [-0.15, -0.1) is 0 Å². The third-order valence-corrected chi connectivity index (χ3v) is 7.10. The van der Waals surface area contributed by atoms with Crippen molar-refractivity contribution in [3.63, 3.8) is 0 Å². The van der Waals surface area contributed by atoms with E-state index in [9.17, 15) is 10.1 Å². The second kappa shape index (κ2) is 14.1. The van der Waals surface area contributed by atoms with Crippen molar-refractivity contribution >= 4 is 55.6 Å². The van der Waals surface area contributed by atoms with Gasteiger partial charge in [0.05, 0.1) is 30.1 Å². The smallest absolute Gasteiger partial charge is 0.278 e. The molecule has 0 aliphatic carbocycles. The van der Waals surface area contributed by atoms with Gasteiger partial charge in [-0.1, -0.05) is 29.8 Å². The van der Waals surface area contributed by atoms with Crippen LogP contribution in [0, 0.1) is 18.3 Å². The first-order valence-electron chi connectivity index (χ1n) is 11.0. The van der Waals surface area contributed by atoms with Gasteiger partial charge < -0.3 is 18.9 Å².